The molecule has 20 heavy (non-hydrogen) atoms. The van der Waals surface area contributed by atoms with Gasteiger partial charge in [-0.3, -0.25) is 9.69 Å². The van der Waals surface area contributed by atoms with Crippen molar-refractivity contribution in [3.05, 3.63) is 34.6 Å². The Labute approximate surface area is 123 Å². The molecular weight excluding hydrogens is 279 g/mol. The van der Waals surface area contributed by atoms with E-state index in [4.69, 9.17) is 11.6 Å². The lowest BCUT2D eigenvalue weighted by Gasteiger charge is -2.42. The summed E-state index contributed by atoms with van der Waals surface area (Å²) in [6.07, 6.45) is 2.31. The third-order valence-corrected chi connectivity index (χ3v) is 4.59. The number of fused-ring (bicyclic) bond motifs is 1. The Morgan fingerprint density at radius 3 is 3.00 bits per heavy atom. The Hall–Kier alpha value is -1.13. The van der Waals surface area contributed by atoms with Gasteiger partial charge in [-0.25, -0.2) is 4.39 Å². The van der Waals surface area contributed by atoms with Crippen LogP contribution < -0.4 is 0 Å². The molecule has 3 nitrogen and oxygen atoms in total. The zero-order chi connectivity index (χ0) is 14.3. The number of carbonyl (C=O) groups is 1. The summed E-state index contributed by atoms with van der Waals surface area (Å²) < 4.78 is 13.9. The van der Waals surface area contributed by atoms with Crippen LogP contribution in [0.25, 0.3) is 0 Å². The molecule has 0 aromatic heterocycles. The quantitative estimate of drug-likeness (QED) is 0.795. The molecule has 1 aromatic rings. The highest BCUT2D eigenvalue weighted by Gasteiger charge is 2.37. The van der Waals surface area contributed by atoms with Crippen molar-refractivity contribution in [3.8, 4) is 0 Å². The van der Waals surface area contributed by atoms with Gasteiger partial charge in [-0.1, -0.05) is 11.6 Å². The van der Waals surface area contributed by atoms with Crippen LogP contribution >= 0.6 is 11.6 Å². The smallest absolute Gasteiger partial charge is 0.257 e. The second-order valence-electron chi connectivity index (χ2n) is 5.72. The van der Waals surface area contributed by atoms with Crippen LogP contribution in [-0.2, 0) is 0 Å². The van der Waals surface area contributed by atoms with Crippen molar-refractivity contribution in [2.24, 2.45) is 0 Å². The minimum absolute atomic E-state index is 0.0794. The third kappa shape index (κ3) is 2.42. The molecule has 2 atom stereocenters. The van der Waals surface area contributed by atoms with E-state index >= 15 is 0 Å². The second kappa shape index (κ2) is 5.34. The summed E-state index contributed by atoms with van der Waals surface area (Å²) in [5.74, 6) is -0.746. The molecule has 3 rings (SSSR count). The van der Waals surface area contributed by atoms with Crippen LogP contribution in [0.1, 0.15) is 30.1 Å². The van der Waals surface area contributed by atoms with Gasteiger partial charge in [0, 0.05) is 30.2 Å². The van der Waals surface area contributed by atoms with E-state index in [1.54, 1.807) is 4.90 Å². The maximum absolute atomic E-state index is 13.9. The minimum Gasteiger partial charge on any atom is -0.333 e. The molecule has 2 unspecified atom stereocenters. The van der Waals surface area contributed by atoms with Crippen LogP contribution in [0.15, 0.2) is 18.2 Å². The van der Waals surface area contributed by atoms with Crippen molar-refractivity contribution in [3.63, 3.8) is 0 Å². The first-order chi connectivity index (χ1) is 9.56. The van der Waals surface area contributed by atoms with Gasteiger partial charge in [-0.15, -0.1) is 0 Å². The molecule has 2 aliphatic heterocycles. The average molecular weight is 297 g/mol. The molecule has 5 heteroatoms. The van der Waals surface area contributed by atoms with Gasteiger partial charge >= 0.3 is 0 Å². The molecule has 108 valence electrons. The summed E-state index contributed by atoms with van der Waals surface area (Å²) in [6.45, 7) is 4.70. The van der Waals surface area contributed by atoms with Gasteiger partial charge in [0.2, 0.25) is 0 Å². The molecule has 0 aliphatic carbocycles. The molecule has 0 radical (unpaired) electrons. The molecule has 0 bridgehead atoms. The summed E-state index contributed by atoms with van der Waals surface area (Å²) >= 11 is 5.88. The Balaban J connectivity index is 1.84. The average Bonchev–Trinajstić information content (AvgIpc) is 2.87. The van der Waals surface area contributed by atoms with Crippen LogP contribution in [0.3, 0.4) is 0 Å². The topological polar surface area (TPSA) is 23.6 Å². The van der Waals surface area contributed by atoms with Crippen LogP contribution in [0.4, 0.5) is 4.39 Å². The standard InChI is InChI=1S/C15H18ClFN2O/c1-10-8-18-6-2-3-12(18)9-19(10)15(20)13-7-11(16)4-5-14(13)17/h4-5,7,10,12H,2-3,6,8-9H2,1H3. The van der Waals surface area contributed by atoms with Gasteiger partial charge in [-0.05, 0) is 44.5 Å². The monoisotopic (exact) mass is 296 g/mol. The largest absolute Gasteiger partial charge is 0.333 e. The number of nitrogens with zero attached hydrogens (tertiary/aromatic N) is 2. The van der Waals surface area contributed by atoms with Gasteiger partial charge in [0.05, 0.1) is 5.56 Å². The van der Waals surface area contributed by atoms with Crippen molar-refractivity contribution in [1.29, 1.82) is 0 Å². The molecule has 2 saturated heterocycles. The predicted octanol–water partition coefficient (Wildman–Crippen LogP) is 2.79. The van der Waals surface area contributed by atoms with E-state index in [2.05, 4.69) is 4.90 Å². The number of amides is 1. The zero-order valence-corrected chi connectivity index (χ0v) is 12.2. The Bertz CT molecular complexity index is 537. The van der Waals surface area contributed by atoms with Gasteiger partial charge in [0.25, 0.3) is 5.91 Å². The van der Waals surface area contributed by atoms with Crippen LogP contribution in [0, 0.1) is 5.82 Å². The minimum atomic E-state index is -0.500. The van der Waals surface area contributed by atoms with E-state index < -0.39 is 5.82 Å². The van der Waals surface area contributed by atoms with Crippen LogP contribution in [0.5, 0.6) is 0 Å². The maximum atomic E-state index is 13.9. The number of hydrogen-bond acceptors (Lipinski definition) is 2. The zero-order valence-electron chi connectivity index (χ0n) is 11.5. The number of benzene rings is 1. The van der Waals surface area contributed by atoms with Gasteiger partial charge in [0.15, 0.2) is 0 Å². The Kier molecular flexibility index (Phi) is 3.69. The molecular formula is C15H18ClFN2O. The SMILES string of the molecule is CC1CN2CCCC2CN1C(=O)c1cc(Cl)ccc1F. The van der Waals surface area contributed by atoms with Crippen molar-refractivity contribution in [2.45, 2.75) is 31.8 Å². The van der Waals surface area contributed by atoms with Crippen molar-refractivity contribution >= 4 is 17.5 Å². The molecule has 0 saturated carbocycles. The van der Waals surface area contributed by atoms with Crippen molar-refractivity contribution in [1.82, 2.24) is 9.80 Å². The number of carbonyl (C=O) groups excluding carboxylic acids is 1. The van der Waals surface area contributed by atoms with Crippen LogP contribution in [0.2, 0.25) is 5.02 Å². The van der Waals surface area contributed by atoms with Gasteiger partial charge in [-0.2, -0.15) is 0 Å². The number of rotatable bonds is 1. The fourth-order valence-corrected chi connectivity index (χ4v) is 3.46. The molecule has 2 heterocycles. The summed E-state index contributed by atoms with van der Waals surface area (Å²) in [7, 11) is 0. The van der Waals surface area contributed by atoms with Gasteiger partial charge < -0.3 is 4.90 Å². The summed E-state index contributed by atoms with van der Waals surface area (Å²) in [5.41, 5.74) is 0.0794. The third-order valence-electron chi connectivity index (χ3n) is 4.36. The molecule has 2 aliphatic rings. The van der Waals surface area contributed by atoms with Crippen LogP contribution in [-0.4, -0.2) is 47.4 Å². The van der Waals surface area contributed by atoms with E-state index in [-0.39, 0.29) is 17.5 Å². The van der Waals surface area contributed by atoms with Crippen molar-refractivity contribution < 1.29 is 9.18 Å². The lowest BCUT2D eigenvalue weighted by molar-refractivity contribution is 0.0391. The van der Waals surface area contributed by atoms with E-state index in [1.165, 1.54) is 24.6 Å². The molecule has 1 amide bonds. The Morgan fingerprint density at radius 2 is 2.20 bits per heavy atom. The highest BCUT2D eigenvalue weighted by molar-refractivity contribution is 6.31. The first kappa shape index (κ1) is 13.8. The maximum Gasteiger partial charge on any atom is 0.257 e. The summed E-state index contributed by atoms with van der Waals surface area (Å²) in [4.78, 5) is 16.8. The number of hydrogen-bond donors (Lipinski definition) is 0. The first-order valence-corrected chi connectivity index (χ1v) is 7.44. The lowest BCUT2D eigenvalue weighted by Crippen LogP contribution is -2.56. The van der Waals surface area contributed by atoms with E-state index in [0.29, 0.717) is 17.6 Å². The second-order valence-corrected chi connectivity index (χ2v) is 6.16. The number of halogens is 2. The summed E-state index contributed by atoms with van der Waals surface area (Å²) in [5, 5.41) is 0.391. The molecule has 1 aromatic carbocycles. The fourth-order valence-electron chi connectivity index (χ4n) is 3.29. The molecule has 0 N–H and O–H groups in total. The first-order valence-electron chi connectivity index (χ1n) is 7.06. The highest BCUT2D eigenvalue weighted by atomic mass is 35.5. The Morgan fingerprint density at radius 1 is 1.40 bits per heavy atom. The van der Waals surface area contributed by atoms with Gasteiger partial charge in [0.1, 0.15) is 5.82 Å². The molecule has 0 spiro atoms. The van der Waals surface area contributed by atoms with E-state index in [9.17, 15) is 9.18 Å². The van der Waals surface area contributed by atoms with E-state index in [1.807, 2.05) is 6.92 Å². The predicted molar refractivity (Wildman–Crippen MR) is 76.5 cm³/mol. The highest BCUT2D eigenvalue weighted by Crippen LogP contribution is 2.26. The fraction of sp³-hybridized carbons (Fsp3) is 0.533. The number of piperazine rings is 1. The normalized spacial score (nSPS) is 26.6. The van der Waals surface area contributed by atoms with E-state index in [0.717, 1.165) is 19.5 Å². The lowest BCUT2D eigenvalue weighted by atomic mass is 10.1. The molecule has 2 fully saturated rings. The van der Waals surface area contributed by atoms with Crippen molar-refractivity contribution in [2.75, 3.05) is 19.6 Å². The summed E-state index contributed by atoms with van der Waals surface area (Å²) in [6, 6.07) is 4.68.